The van der Waals surface area contributed by atoms with Crippen molar-refractivity contribution in [3.63, 3.8) is 0 Å². The maximum Gasteiger partial charge on any atom is 0.0341 e. The minimum absolute atomic E-state index is 0.799. The van der Waals surface area contributed by atoms with E-state index in [1.165, 1.54) is 12.8 Å². The van der Waals surface area contributed by atoms with Gasteiger partial charge in [0.15, 0.2) is 0 Å². The topological polar surface area (TPSA) is 17.0 Å². The van der Waals surface area contributed by atoms with Crippen molar-refractivity contribution in [3.8, 4) is 0 Å². The molecule has 1 aromatic heterocycles. The molecule has 1 N–H and O–H groups in total. The Hall–Kier alpha value is -0.920. The zero-order chi connectivity index (χ0) is 8.81. The van der Waals surface area contributed by atoms with Gasteiger partial charge in [-0.15, -0.1) is 0 Å². The van der Waals surface area contributed by atoms with Gasteiger partial charge >= 0.3 is 0 Å². The Labute approximate surface area is 74.6 Å². The van der Waals surface area contributed by atoms with Crippen LogP contribution in [-0.2, 0) is 0 Å². The van der Waals surface area contributed by atoms with Gasteiger partial charge in [0.25, 0.3) is 0 Å². The van der Waals surface area contributed by atoms with Gasteiger partial charge in [-0.05, 0) is 18.1 Å². The van der Waals surface area contributed by atoms with Crippen molar-refractivity contribution in [2.24, 2.45) is 5.92 Å². The number of hydrogen-bond donors (Lipinski definition) is 1. The van der Waals surface area contributed by atoms with Crippen molar-refractivity contribution in [3.05, 3.63) is 24.5 Å². The standard InChI is InChI=1S/C10H18N2/c1-3-10(4-2)9-11-12-7-5-6-8-12/h5-8,10-11H,3-4,9H2,1-2H3. The van der Waals surface area contributed by atoms with Crippen LogP contribution in [0.15, 0.2) is 24.5 Å². The largest absolute Gasteiger partial charge is 0.326 e. The van der Waals surface area contributed by atoms with Crippen LogP contribution in [0.4, 0.5) is 0 Å². The van der Waals surface area contributed by atoms with Gasteiger partial charge < -0.3 is 5.43 Å². The normalized spacial score (nSPS) is 10.6. The van der Waals surface area contributed by atoms with Crippen LogP contribution in [0.1, 0.15) is 26.7 Å². The highest BCUT2D eigenvalue weighted by molar-refractivity contribution is 4.93. The van der Waals surface area contributed by atoms with Gasteiger partial charge in [0.1, 0.15) is 0 Å². The molecule has 68 valence electrons. The highest BCUT2D eigenvalue weighted by Crippen LogP contribution is 2.05. The first-order valence-corrected chi connectivity index (χ1v) is 4.73. The van der Waals surface area contributed by atoms with Crippen LogP contribution in [0, 0.1) is 5.92 Å². The van der Waals surface area contributed by atoms with E-state index in [4.69, 9.17) is 0 Å². The summed E-state index contributed by atoms with van der Waals surface area (Å²) in [5.41, 5.74) is 3.34. The third-order valence-corrected chi connectivity index (χ3v) is 2.32. The van der Waals surface area contributed by atoms with Gasteiger partial charge in [0, 0.05) is 18.9 Å². The average molecular weight is 166 g/mol. The van der Waals surface area contributed by atoms with Gasteiger partial charge in [-0.2, -0.15) is 0 Å². The maximum absolute atomic E-state index is 3.34. The highest BCUT2D eigenvalue weighted by Gasteiger charge is 2.01. The summed E-state index contributed by atoms with van der Waals surface area (Å²) in [6, 6.07) is 4.06. The third kappa shape index (κ3) is 2.61. The third-order valence-electron chi connectivity index (χ3n) is 2.32. The lowest BCUT2D eigenvalue weighted by Gasteiger charge is -2.14. The summed E-state index contributed by atoms with van der Waals surface area (Å²) in [6.45, 7) is 5.55. The molecule has 2 nitrogen and oxygen atoms in total. The van der Waals surface area contributed by atoms with Crippen molar-refractivity contribution in [2.45, 2.75) is 26.7 Å². The van der Waals surface area contributed by atoms with Gasteiger partial charge in [0.05, 0.1) is 0 Å². The van der Waals surface area contributed by atoms with Gasteiger partial charge in [-0.3, -0.25) is 4.68 Å². The SMILES string of the molecule is CCC(CC)CNn1cccc1. The Bertz CT molecular complexity index is 188. The molecule has 0 bridgehead atoms. The minimum Gasteiger partial charge on any atom is -0.326 e. The van der Waals surface area contributed by atoms with E-state index in [0.29, 0.717) is 0 Å². The molecule has 0 fully saturated rings. The average Bonchev–Trinajstić information content (AvgIpc) is 2.59. The lowest BCUT2D eigenvalue weighted by molar-refractivity contribution is 0.500. The Kier molecular flexibility index (Phi) is 3.71. The van der Waals surface area contributed by atoms with E-state index in [0.717, 1.165) is 12.5 Å². The summed E-state index contributed by atoms with van der Waals surface area (Å²) in [5.74, 6) is 0.799. The maximum atomic E-state index is 3.34. The molecule has 0 aliphatic rings. The molecule has 0 radical (unpaired) electrons. The zero-order valence-corrected chi connectivity index (χ0v) is 7.96. The van der Waals surface area contributed by atoms with E-state index in [2.05, 4.69) is 19.3 Å². The van der Waals surface area contributed by atoms with Crippen LogP contribution in [-0.4, -0.2) is 11.2 Å². The van der Waals surface area contributed by atoms with Crippen molar-refractivity contribution >= 4 is 0 Å². The molecular weight excluding hydrogens is 148 g/mol. The first kappa shape index (κ1) is 9.17. The van der Waals surface area contributed by atoms with Crippen LogP contribution in [0.25, 0.3) is 0 Å². The van der Waals surface area contributed by atoms with Crippen LogP contribution in [0.3, 0.4) is 0 Å². The molecule has 2 heteroatoms. The molecule has 0 amide bonds. The van der Waals surface area contributed by atoms with Crippen molar-refractivity contribution < 1.29 is 0 Å². The second-order valence-corrected chi connectivity index (χ2v) is 3.14. The quantitative estimate of drug-likeness (QED) is 0.711. The number of hydrogen-bond acceptors (Lipinski definition) is 1. The molecule has 0 unspecified atom stereocenters. The smallest absolute Gasteiger partial charge is 0.0341 e. The molecule has 0 spiro atoms. The lowest BCUT2D eigenvalue weighted by Crippen LogP contribution is -2.20. The van der Waals surface area contributed by atoms with E-state index >= 15 is 0 Å². The van der Waals surface area contributed by atoms with Crippen molar-refractivity contribution in [2.75, 3.05) is 12.0 Å². The molecule has 0 aromatic carbocycles. The Morgan fingerprint density at radius 3 is 2.25 bits per heavy atom. The van der Waals surface area contributed by atoms with E-state index in [-0.39, 0.29) is 0 Å². The summed E-state index contributed by atoms with van der Waals surface area (Å²) < 4.78 is 2.01. The fraction of sp³-hybridized carbons (Fsp3) is 0.600. The van der Waals surface area contributed by atoms with Gasteiger partial charge in [-0.25, -0.2) is 0 Å². The monoisotopic (exact) mass is 166 g/mol. The molecule has 0 atom stereocenters. The van der Waals surface area contributed by atoms with E-state index in [9.17, 15) is 0 Å². The second kappa shape index (κ2) is 4.86. The molecule has 0 aliphatic heterocycles. The Balaban J connectivity index is 2.25. The second-order valence-electron chi connectivity index (χ2n) is 3.14. The van der Waals surface area contributed by atoms with Crippen LogP contribution >= 0.6 is 0 Å². The lowest BCUT2D eigenvalue weighted by atomic mass is 10.0. The number of aromatic nitrogens is 1. The predicted molar refractivity (Wildman–Crippen MR) is 52.7 cm³/mol. The molecule has 0 saturated carbocycles. The summed E-state index contributed by atoms with van der Waals surface area (Å²) in [4.78, 5) is 0. The predicted octanol–water partition coefficient (Wildman–Crippen LogP) is 2.47. The van der Waals surface area contributed by atoms with Gasteiger partial charge in [-0.1, -0.05) is 26.7 Å². The van der Waals surface area contributed by atoms with Crippen LogP contribution in [0.2, 0.25) is 0 Å². The Morgan fingerprint density at radius 1 is 1.17 bits per heavy atom. The number of rotatable bonds is 5. The fourth-order valence-corrected chi connectivity index (χ4v) is 1.25. The van der Waals surface area contributed by atoms with E-state index in [1.807, 2.05) is 29.2 Å². The molecular formula is C10H18N2. The number of nitrogens with zero attached hydrogens (tertiary/aromatic N) is 1. The summed E-state index contributed by atoms with van der Waals surface area (Å²) in [5, 5.41) is 0. The van der Waals surface area contributed by atoms with Crippen LogP contribution < -0.4 is 5.43 Å². The fourth-order valence-electron chi connectivity index (χ4n) is 1.25. The Morgan fingerprint density at radius 2 is 1.75 bits per heavy atom. The first-order chi connectivity index (χ1) is 5.86. The summed E-state index contributed by atoms with van der Waals surface area (Å²) >= 11 is 0. The van der Waals surface area contributed by atoms with Crippen LogP contribution in [0.5, 0.6) is 0 Å². The molecule has 1 rings (SSSR count). The molecule has 12 heavy (non-hydrogen) atoms. The molecule has 1 heterocycles. The zero-order valence-electron chi connectivity index (χ0n) is 7.96. The molecule has 0 aliphatic carbocycles. The first-order valence-electron chi connectivity index (χ1n) is 4.73. The van der Waals surface area contributed by atoms with E-state index < -0.39 is 0 Å². The molecule has 1 aromatic rings. The highest BCUT2D eigenvalue weighted by atomic mass is 15.4. The molecule has 0 saturated heterocycles. The minimum atomic E-state index is 0.799. The van der Waals surface area contributed by atoms with Crippen molar-refractivity contribution in [1.82, 2.24) is 4.68 Å². The van der Waals surface area contributed by atoms with E-state index in [1.54, 1.807) is 0 Å². The van der Waals surface area contributed by atoms with Crippen molar-refractivity contribution in [1.29, 1.82) is 0 Å². The van der Waals surface area contributed by atoms with Gasteiger partial charge in [0.2, 0.25) is 0 Å². The summed E-state index contributed by atoms with van der Waals surface area (Å²) in [7, 11) is 0. The summed E-state index contributed by atoms with van der Waals surface area (Å²) in [6.07, 6.45) is 6.57. The number of nitrogens with one attached hydrogen (secondary N) is 1.